The number of carbonyl (C=O) groups excluding carboxylic acids is 1. The Morgan fingerprint density at radius 3 is 2.48 bits per heavy atom. The highest BCUT2D eigenvalue weighted by Gasteiger charge is 2.18. The fourth-order valence-corrected chi connectivity index (χ4v) is 4.01. The summed E-state index contributed by atoms with van der Waals surface area (Å²) in [5.41, 5.74) is 1.63. The van der Waals surface area contributed by atoms with Gasteiger partial charge in [0.15, 0.2) is 0 Å². The van der Waals surface area contributed by atoms with Crippen LogP contribution in [0.5, 0.6) is 5.75 Å². The molecule has 1 atom stereocenters. The Bertz CT molecular complexity index is 896. The Kier molecular flexibility index (Phi) is 8.63. The molecule has 29 heavy (non-hydrogen) atoms. The summed E-state index contributed by atoms with van der Waals surface area (Å²) in [5.74, 6) is -0.0355. The zero-order valence-electron chi connectivity index (χ0n) is 16.6. The Labute approximate surface area is 171 Å². The first-order valence-corrected chi connectivity index (χ1v) is 10.9. The summed E-state index contributed by atoms with van der Waals surface area (Å²) in [6, 6.07) is 13.7. The molecule has 0 fully saturated rings. The van der Waals surface area contributed by atoms with Crippen molar-refractivity contribution in [1.29, 1.82) is 0 Å². The first-order chi connectivity index (χ1) is 13.9. The van der Waals surface area contributed by atoms with Crippen molar-refractivity contribution in [3.8, 4) is 5.75 Å². The Balaban J connectivity index is 1.88. The summed E-state index contributed by atoms with van der Waals surface area (Å²) >= 11 is 0. The van der Waals surface area contributed by atoms with Crippen molar-refractivity contribution < 1.29 is 27.8 Å². The standard InChI is InChI=1S/C21H27NO6S/c1-3-28-21(24)13-12-18(23)17-10-8-16(9-11-17)14-15-22-29(25,26)20-7-5-4-6-19(20)27-2/h4-11,18,22-23H,3,12-15H2,1-2H3. The number of aliphatic hydroxyl groups excluding tert-OH is 1. The van der Waals surface area contributed by atoms with Gasteiger partial charge in [0.2, 0.25) is 10.0 Å². The van der Waals surface area contributed by atoms with Crippen LogP contribution in [0, 0.1) is 0 Å². The van der Waals surface area contributed by atoms with E-state index in [0.29, 0.717) is 24.3 Å². The van der Waals surface area contributed by atoms with Crippen LogP contribution in [0.3, 0.4) is 0 Å². The normalized spacial score (nSPS) is 12.4. The second-order valence-electron chi connectivity index (χ2n) is 6.40. The van der Waals surface area contributed by atoms with Crippen LogP contribution >= 0.6 is 0 Å². The number of nitrogens with one attached hydrogen (secondary N) is 1. The number of ether oxygens (including phenoxy) is 2. The van der Waals surface area contributed by atoms with Crippen molar-refractivity contribution in [3.63, 3.8) is 0 Å². The van der Waals surface area contributed by atoms with E-state index in [-0.39, 0.29) is 30.3 Å². The zero-order valence-corrected chi connectivity index (χ0v) is 17.4. The summed E-state index contributed by atoms with van der Waals surface area (Å²) in [4.78, 5) is 11.5. The second-order valence-corrected chi connectivity index (χ2v) is 8.14. The van der Waals surface area contributed by atoms with Gasteiger partial charge in [0.25, 0.3) is 0 Å². The molecule has 7 nitrogen and oxygen atoms in total. The number of benzene rings is 2. The SMILES string of the molecule is CCOC(=O)CCC(O)c1ccc(CCNS(=O)(=O)c2ccccc2OC)cc1. The van der Waals surface area contributed by atoms with Crippen molar-refractivity contribution in [2.24, 2.45) is 0 Å². The summed E-state index contributed by atoms with van der Waals surface area (Å²) in [6.45, 7) is 2.29. The lowest BCUT2D eigenvalue weighted by Crippen LogP contribution is -2.26. The quantitative estimate of drug-likeness (QED) is 0.541. The number of methoxy groups -OCH3 is 1. The van der Waals surface area contributed by atoms with Crippen LogP contribution in [0.1, 0.15) is 37.0 Å². The van der Waals surface area contributed by atoms with E-state index < -0.39 is 16.1 Å². The van der Waals surface area contributed by atoms with Crippen molar-refractivity contribution in [2.45, 2.75) is 37.2 Å². The number of aliphatic hydroxyl groups is 1. The predicted molar refractivity (Wildman–Crippen MR) is 109 cm³/mol. The molecule has 8 heteroatoms. The zero-order chi connectivity index (χ0) is 21.3. The minimum atomic E-state index is -3.67. The van der Waals surface area contributed by atoms with Crippen LogP contribution < -0.4 is 9.46 Å². The fourth-order valence-electron chi connectivity index (χ4n) is 2.81. The van der Waals surface area contributed by atoms with Crippen molar-refractivity contribution in [3.05, 3.63) is 59.7 Å². The minimum Gasteiger partial charge on any atom is -0.495 e. The van der Waals surface area contributed by atoms with Crippen LogP contribution in [0.25, 0.3) is 0 Å². The molecule has 0 radical (unpaired) electrons. The Morgan fingerprint density at radius 1 is 1.14 bits per heavy atom. The van der Waals surface area contributed by atoms with Gasteiger partial charge in [-0.1, -0.05) is 36.4 Å². The highest BCUT2D eigenvalue weighted by atomic mass is 32.2. The van der Waals surface area contributed by atoms with Gasteiger partial charge in [-0.2, -0.15) is 0 Å². The lowest BCUT2D eigenvalue weighted by molar-refractivity contribution is -0.143. The van der Waals surface area contributed by atoms with E-state index in [1.807, 2.05) is 12.1 Å². The van der Waals surface area contributed by atoms with E-state index in [4.69, 9.17) is 9.47 Å². The monoisotopic (exact) mass is 421 g/mol. The van der Waals surface area contributed by atoms with Crippen molar-refractivity contribution in [1.82, 2.24) is 4.72 Å². The first-order valence-electron chi connectivity index (χ1n) is 9.42. The number of esters is 1. The lowest BCUT2D eigenvalue weighted by atomic mass is 10.0. The van der Waals surface area contributed by atoms with E-state index in [1.165, 1.54) is 13.2 Å². The Morgan fingerprint density at radius 2 is 1.83 bits per heavy atom. The van der Waals surface area contributed by atoms with Crippen molar-refractivity contribution >= 4 is 16.0 Å². The number of sulfonamides is 1. The van der Waals surface area contributed by atoms with E-state index in [0.717, 1.165) is 5.56 Å². The van der Waals surface area contributed by atoms with Crippen LogP contribution in [-0.2, 0) is 26.0 Å². The van der Waals surface area contributed by atoms with Gasteiger partial charge in [-0.05, 0) is 43.0 Å². The van der Waals surface area contributed by atoms with E-state index in [1.54, 1.807) is 37.3 Å². The third kappa shape index (κ3) is 6.85. The number of hydrogen-bond acceptors (Lipinski definition) is 6. The first kappa shape index (κ1) is 22.9. The van der Waals surface area contributed by atoms with Gasteiger partial charge in [0.05, 0.1) is 19.8 Å². The maximum Gasteiger partial charge on any atom is 0.305 e. The molecule has 0 amide bonds. The number of para-hydroxylation sites is 1. The van der Waals surface area contributed by atoms with E-state index in [9.17, 15) is 18.3 Å². The second kappa shape index (κ2) is 10.9. The molecule has 2 aromatic rings. The molecule has 0 bridgehead atoms. The molecule has 0 saturated heterocycles. The minimum absolute atomic E-state index is 0.0996. The molecular weight excluding hydrogens is 394 g/mol. The summed E-state index contributed by atoms with van der Waals surface area (Å²) in [5, 5.41) is 10.2. The average molecular weight is 422 g/mol. The van der Waals surface area contributed by atoms with Gasteiger partial charge in [-0.3, -0.25) is 4.79 Å². The molecule has 0 heterocycles. The third-order valence-corrected chi connectivity index (χ3v) is 5.86. The molecular formula is C21H27NO6S. The van der Waals surface area contributed by atoms with Gasteiger partial charge in [-0.15, -0.1) is 0 Å². The maximum absolute atomic E-state index is 12.5. The molecule has 2 rings (SSSR count). The van der Waals surface area contributed by atoms with E-state index >= 15 is 0 Å². The number of rotatable bonds is 11. The molecule has 0 aromatic heterocycles. The van der Waals surface area contributed by atoms with Crippen molar-refractivity contribution in [2.75, 3.05) is 20.3 Å². The fraction of sp³-hybridized carbons (Fsp3) is 0.381. The smallest absolute Gasteiger partial charge is 0.305 e. The molecule has 0 spiro atoms. The van der Waals surface area contributed by atoms with Crippen LogP contribution in [0.2, 0.25) is 0 Å². The largest absolute Gasteiger partial charge is 0.495 e. The van der Waals surface area contributed by atoms with Gasteiger partial charge in [0.1, 0.15) is 10.6 Å². The molecule has 0 aliphatic heterocycles. The summed E-state index contributed by atoms with van der Waals surface area (Å²) in [6.07, 6.45) is 0.184. The van der Waals surface area contributed by atoms with E-state index in [2.05, 4.69) is 4.72 Å². The van der Waals surface area contributed by atoms with Crippen LogP contribution in [0.15, 0.2) is 53.4 Å². The Hall–Kier alpha value is -2.42. The van der Waals surface area contributed by atoms with Crippen LogP contribution in [-0.4, -0.2) is 39.8 Å². The van der Waals surface area contributed by atoms with Crippen LogP contribution in [0.4, 0.5) is 0 Å². The van der Waals surface area contributed by atoms with Gasteiger partial charge < -0.3 is 14.6 Å². The third-order valence-electron chi connectivity index (χ3n) is 4.36. The molecule has 2 N–H and O–H groups in total. The van der Waals surface area contributed by atoms with Gasteiger partial charge in [-0.25, -0.2) is 13.1 Å². The molecule has 2 aromatic carbocycles. The highest BCUT2D eigenvalue weighted by Crippen LogP contribution is 2.22. The van der Waals surface area contributed by atoms with Gasteiger partial charge >= 0.3 is 5.97 Å². The predicted octanol–water partition coefficient (Wildman–Crippen LogP) is 2.59. The summed E-state index contributed by atoms with van der Waals surface area (Å²) in [7, 11) is -2.25. The number of carbonyl (C=O) groups is 1. The van der Waals surface area contributed by atoms with Gasteiger partial charge in [0, 0.05) is 13.0 Å². The molecule has 0 saturated carbocycles. The highest BCUT2D eigenvalue weighted by molar-refractivity contribution is 7.89. The average Bonchev–Trinajstić information content (AvgIpc) is 2.72. The number of hydrogen-bond donors (Lipinski definition) is 2. The lowest BCUT2D eigenvalue weighted by Gasteiger charge is -2.12. The molecule has 0 aliphatic rings. The molecule has 158 valence electrons. The topological polar surface area (TPSA) is 102 Å². The molecule has 1 unspecified atom stereocenters. The summed E-state index contributed by atoms with van der Waals surface area (Å²) < 4.78 is 37.4. The maximum atomic E-state index is 12.5. The molecule has 0 aliphatic carbocycles.